The first kappa shape index (κ1) is 12.7. The second-order valence-corrected chi connectivity index (χ2v) is 5.22. The molecular formula is C14H21N3O. The minimum Gasteiger partial charge on any atom is -0.397 e. The Morgan fingerprint density at radius 3 is 2.83 bits per heavy atom. The van der Waals surface area contributed by atoms with Crippen LogP contribution in [0.25, 0.3) is 0 Å². The van der Waals surface area contributed by atoms with E-state index in [1.165, 1.54) is 19.3 Å². The van der Waals surface area contributed by atoms with Crippen molar-refractivity contribution in [2.24, 2.45) is 17.6 Å². The Morgan fingerprint density at radius 1 is 1.44 bits per heavy atom. The molecule has 0 aliphatic heterocycles. The van der Waals surface area contributed by atoms with Crippen molar-refractivity contribution in [3.05, 3.63) is 23.8 Å². The molecule has 0 aromatic heterocycles. The molecule has 1 fully saturated rings. The largest absolute Gasteiger partial charge is 0.397 e. The summed E-state index contributed by atoms with van der Waals surface area (Å²) in [6.45, 7) is 3.20. The van der Waals surface area contributed by atoms with E-state index in [-0.39, 0.29) is 0 Å². The molecule has 2 rings (SSSR count). The second kappa shape index (κ2) is 5.29. The van der Waals surface area contributed by atoms with Crippen LogP contribution in [0.4, 0.5) is 11.4 Å². The molecule has 1 aromatic carbocycles. The van der Waals surface area contributed by atoms with Gasteiger partial charge in [0, 0.05) is 12.1 Å². The fourth-order valence-electron chi connectivity index (χ4n) is 2.63. The zero-order chi connectivity index (χ0) is 13.1. The van der Waals surface area contributed by atoms with Crippen molar-refractivity contribution in [1.82, 2.24) is 0 Å². The number of anilines is 2. The van der Waals surface area contributed by atoms with E-state index in [1.807, 2.05) is 0 Å². The standard InChI is InChI=1S/C14H21N3O/c1-9-3-2-4-11(9)8-17-13-7-10(14(16)18)5-6-12(13)15/h5-7,9,11,17H,2-4,8,15H2,1H3,(H2,16,18). The monoisotopic (exact) mass is 247 g/mol. The van der Waals surface area contributed by atoms with E-state index in [2.05, 4.69) is 12.2 Å². The van der Waals surface area contributed by atoms with E-state index in [0.29, 0.717) is 17.2 Å². The third-order valence-corrected chi connectivity index (χ3v) is 3.93. The number of nitrogens with two attached hydrogens (primary N) is 2. The molecule has 1 aliphatic carbocycles. The summed E-state index contributed by atoms with van der Waals surface area (Å²) in [6.07, 6.45) is 3.89. The Hall–Kier alpha value is -1.71. The summed E-state index contributed by atoms with van der Waals surface area (Å²) in [5.74, 6) is 1.03. The van der Waals surface area contributed by atoms with Crippen molar-refractivity contribution in [2.75, 3.05) is 17.6 Å². The molecule has 0 spiro atoms. The lowest BCUT2D eigenvalue weighted by atomic mass is 9.98. The molecule has 98 valence electrons. The predicted molar refractivity (Wildman–Crippen MR) is 74.4 cm³/mol. The normalized spacial score (nSPS) is 22.9. The van der Waals surface area contributed by atoms with Crippen LogP contribution >= 0.6 is 0 Å². The lowest BCUT2D eigenvalue weighted by Crippen LogP contribution is -2.18. The maximum Gasteiger partial charge on any atom is 0.248 e. The van der Waals surface area contributed by atoms with Gasteiger partial charge in [-0.2, -0.15) is 0 Å². The molecule has 1 aliphatic rings. The number of rotatable bonds is 4. The molecular weight excluding hydrogens is 226 g/mol. The highest BCUT2D eigenvalue weighted by Crippen LogP contribution is 2.31. The van der Waals surface area contributed by atoms with E-state index in [0.717, 1.165) is 18.2 Å². The molecule has 1 saturated carbocycles. The first-order chi connectivity index (χ1) is 8.58. The number of hydrogen-bond donors (Lipinski definition) is 3. The van der Waals surface area contributed by atoms with Gasteiger partial charge in [-0.05, 0) is 36.5 Å². The van der Waals surface area contributed by atoms with Crippen LogP contribution in [0.5, 0.6) is 0 Å². The number of carbonyl (C=O) groups is 1. The third kappa shape index (κ3) is 2.75. The highest BCUT2D eigenvalue weighted by Gasteiger charge is 2.23. The van der Waals surface area contributed by atoms with Crippen LogP contribution in [-0.2, 0) is 0 Å². The Morgan fingerprint density at radius 2 is 2.22 bits per heavy atom. The van der Waals surface area contributed by atoms with Crippen molar-refractivity contribution in [3.8, 4) is 0 Å². The molecule has 0 heterocycles. The number of primary amides is 1. The molecule has 2 unspecified atom stereocenters. The van der Waals surface area contributed by atoms with Crippen molar-refractivity contribution in [3.63, 3.8) is 0 Å². The maximum atomic E-state index is 11.1. The number of hydrogen-bond acceptors (Lipinski definition) is 3. The Labute approximate surface area is 108 Å². The zero-order valence-corrected chi connectivity index (χ0v) is 10.8. The van der Waals surface area contributed by atoms with Crippen LogP contribution in [0.3, 0.4) is 0 Å². The Bertz CT molecular complexity index is 445. The summed E-state index contributed by atoms with van der Waals surface area (Å²) in [7, 11) is 0. The number of carbonyl (C=O) groups excluding carboxylic acids is 1. The van der Waals surface area contributed by atoms with Crippen LogP contribution in [0, 0.1) is 11.8 Å². The Balaban J connectivity index is 2.04. The molecule has 0 bridgehead atoms. The van der Waals surface area contributed by atoms with E-state index >= 15 is 0 Å². The van der Waals surface area contributed by atoms with Gasteiger partial charge in [0.1, 0.15) is 0 Å². The number of benzene rings is 1. The smallest absolute Gasteiger partial charge is 0.248 e. The van der Waals surface area contributed by atoms with Gasteiger partial charge in [0.05, 0.1) is 11.4 Å². The third-order valence-electron chi connectivity index (χ3n) is 3.93. The molecule has 5 N–H and O–H groups in total. The van der Waals surface area contributed by atoms with Gasteiger partial charge in [0.15, 0.2) is 0 Å². The van der Waals surface area contributed by atoms with E-state index < -0.39 is 5.91 Å². The summed E-state index contributed by atoms with van der Waals surface area (Å²) in [4.78, 5) is 11.1. The van der Waals surface area contributed by atoms with Crippen LogP contribution in [0.2, 0.25) is 0 Å². The van der Waals surface area contributed by atoms with Gasteiger partial charge in [-0.25, -0.2) is 0 Å². The maximum absolute atomic E-state index is 11.1. The minimum absolute atomic E-state index is 0.424. The lowest BCUT2D eigenvalue weighted by Gasteiger charge is -2.18. The first-order valence-corrected chi connectivity index (χ1v) is 6.51. The van der Waals surface area contributed by atoms with Crippen molar-refractivity contribution in [2.45, 2.75) is 26.2 Å². The molecule has 4 heteroatoms. The van der Waals surface area contributed by atoms with Crippen LogP contribution in [0.15, 0.2) is 18.2 Å². The lowest BCUT2D eigenvalue weighted by molar-refractivity contribution is 0.100. The summed E-state index contributed by atoms with van der Waals surface area (Å²) in [5.41, 5.74) is 13.1. The fourth-order valence-corrected chi connectivity index (χ4v) is 2.63. The SMILES string of the molecule is CC1CCCC1CNc1cc(C(N)=O)ccc1N. The van der Waals surface area contributed by atoms with Gasteiger partial charge >= 0.3 is 0 Å². The van der Waals surface area contributed by atoms with Crippen LogP contribution in [0.1, 0.15) is 36.5 Å². The van der Waals surface area contributed by atoms with Gasteiger partial charge in [-0.3, -0.25) is 4.79 Å². The average molecular weight is 247 g/mol. The number of amides is 1. The van der Waals surface area contributed by atoms with Crippen molar-refractivity contribution < 1.29 is 4.79 Å². The van der Waals surface area contributed by atoms with Gasteiger partial charge in [0.25, 0.3) is 0 Å². The molecule has 0 radical (unpaired) electrons. The highest BCUT2D eigenvalue weighted by molar-refractivity contribution is 5.94. The van der Waals surface area contributed by atoms with Crippen molar-refractivity contribution >= 4 is 17.3 Å². The second-order valence-electron chi connectivity index (χ2n) is 5.22. The van der Waals surface area contributed by atoms with Crippen molar-refractivity contribution in [1.29, 1.82) is 0 Å². The van der Waals surface area contributed by atoms with E-state index in [9.17, 15) is 4.79 Å². The summed E-state index contributed by atoms with van der Waals surface area (Å²) in [6, 6.07) is 5.11. The van der Waals surface area contributed by atoms with Gasteiger partial charge in [0.2, 0.25) is 5.91 Å². The van der Waals surface area contributed by atoms with Crippen LogP contribution in [-0.4, -0.2) is 12.5 Å². The zero-order valence-electron chi connectivity index (χ0n) is 10.8. The quantitative estimate of drug-likeness (QED) is 0.713. The molecule has 2 atom stereocenters. The van der Waals surface area contributed by atoms with E-state index in [4.69, 9.17) is 11.5 Å². The molecule has 1 aromatic rings. The van der Waals surface area contributed by atoms with Crippen LogP contribution < -0.4 is 16.8 Å². The molecule has 0 saturated heterocycles. The average Bonchev–Trinajstić information content (AvgIpc) is 2.73. The topological polar surface area (TPSA) is 81.1 Å². The van der Waals surface area contributed by atoms with Gasteiger partial charge < -0.3 is 16.8 Å². The van der Waals surface area contributed by atoms with E-state index in [1.54, 1.807) is 18.2 Å². The summed E-state index contributed by atoms with van der Waals surface area (Å²) >= 11 is 0. The predicted octanol–water partition coefficient (Wildman–Crippen LogP) is 2.22. The first-order valence-electron chi connectivity index (χ1n) is 6.51. The summed E-state index contributed by atoms with van der Waals surface area (Å²) < 4.78 is 0. The Kier molecular flexibility index (Phi) is 3.75. The molecule has 1 amide bonds. The number of nitrogens with one attached hydrogen (secondary N) is 1. The van der Waals surface area contributed by atoms with Gasteiger partial charge in [-0.15, -0.1) is 0 Å². The van der Waals surface area contributed by atoms with Gasteiger partial charge in [-0.1, -0.05) is 19.8 Å². The highest BCUT2D eigenvalue weighted by atomic mass is 16.1. The summed E-state index contributed by atoms with van der Waals surface area (Å²) in [5, 5.41) is 3.35. The number of nitrogen functional groups attached to an aromatic ring is 1. The fraction of sp³-hybridized carbons (Fsp3) is 0.500. The molecule has 18 heavy (non-hydrogen) atoms. The molecule has 4 nitrogen and oxygen atoms in total. The minimum atomic E-state index is -0.424.